The molecule has 2 N–H and O–H groups in total. The van der Waals surface area contributed by atoms with Gasteiger partial charge in [0.2, 0.25) is 0 Å². The number of rotatable bonds is 6. The first-order valence-corrected chi connectivity index (χ1v) is 6.31. The Morgan fingerprint density at radius 2 is 2.18 bits per heavy atom. The first-order chi connectivity index (χ1) is 7.91. The van der Waals surface area contributed by atoms with E-state index in [1.54, 1.807) is 0 Å². The molecule has 0 aliphatic heterocycles. The maximum Gasteiger partial charge on any atom is 0.108 e. The van der Waals surface area contributed by atoms with Crippen molar-refractivity contribution in [1.82, 2.24) is 14.5 Å². The SMILES string of the molecule is CCC(C)(C(N)CCc1nccn1C)N(C)C. The summed E-state index contributed by atoms with van der Waals surface area (Å²) in [4.78, 5) is 6.57. The topological polar surface area (TPSA) is 47.1 Å². The lowest BCUT2D eigenvalue weighted by molar-refractivity contribution is 0.127. The number of hydrogen-bond donors (Lipinski definition) is 1. The highest BCUT2D eigenvalue weighted by Gasteiger charge is 2.31. The molecule has 0 aliphatic carbocycles. The molecule has 17 heavy (non-hydrogen) atoms. The fourth-order valence-corrected chi connectivity index (χ4v) is 2.14. The molecule has 0 aliphatic rings. The van der Waals surface area contributed by atoms with E-state index in [-0.39, 0.29) is 11.6 Å². The number of aromatic nitrogens is 2. The molecular weight excluding hydrogens is 212 g/mol. The average molecular weight is 238 g/mol. The standard InChI is InChI=1S/C13H26N4/c1-6-13(2,16(3)4)11(14)7-8-12-15-9-10-17(12)5/h9-11H,6-8,14H2,1-5H3. The zero-order valence-electron chi connectivity index (χ0n) is 11.8. The van der Waals surface area contributed by atoms with Crippen LogP contribution in [0.5, 0.6) is 0 Å². The first-order valence-electron chi connectivity index (χ1n) is 6.31. The van der Waals surface area contributed by atoms with E-state index < -0.39 is 0 Å². The number of nitrogens with zero attached hydrogens (tertiary/aromatic N) is 3. The van der Waals surface area contributed by atoms with Gasteiger partial charge < -0.3 is 15.2 Å². The molecule has 98 valence electrons. The van der Waals surface area contributed by atoms with Gasteiger partial charge in [0.15, 0.2) is 0 Å². The number of nitrogens with two attached hydrogens (primary N) is 1. The molecule has 0 aromatic carbocycles. The second kappa shape index (κ2) is 5.65. The van der Waals surface area contributed by atoms with Crippen molar-refractivity contribution in [3.05, 3.63) is 18.2 Å². The van der Waals surface area contributed by atoms with Crippen LogP contribution in [-0.4, -0.2) is 40.1 Å². The molecular formula is C13H26N4. The maximum atomic E-state index is 6.35. The van der Waals surface area contributed by atoms with E-state index >= 15 is 0 Å². The minimum Gasteiger partial charge on any atom is -0.338 e. The minimum atomic E-state index is 0.0607. The molecule has 0 radical (unpaired) electrons. The van der Waals surface area contributed by atoms with Gasteiger partial charge in [-0.15, -0.1) is 0 Å². The van der Waals surface area contributed by atoms with Crippen LogP contribution < -0.4 is 5.73 Å². The van der Waals surface area contributed by atoms with E-state index in [2.05, 4.69) is 42.4 Å². The summed E-state index contributed by atoms with van der Waals surface area (Å²) >= 11 is 0. The van der Waals surface area contributed by atoms with Crippen molar-refractivity contribution in [2.45, 2.75) is 44.7 Å². The Kier molecular flexibility index (Phi) is 4.71. The Morgan fingerprint density at radius 3 is 2.59 bits per heavy atom. The van der Waals surface area contributed by atoms with Gasteiger partial charge in [-0.3, -0.25) is 0 Å². The fraction of sp³-hybridized carbons (Fsp3) is 0.769. The Hall–Kier alpha value is -0.870. The summed E-state index contributed by atoms with van der Waals surface area (Å²) in [6.45, 7) is 4.43. The van der Waals surface area contributed by atoms with Gasteiger partial charge in [0.25, 0.3) is 0 Å². The van der Waals surface area contributed by atoms with Crippen LogP contribution in [0, 0.1) is 0 Å². The predicted octanol–water partition coefficient (Wildman–Crippen LogP) is 1.41. The van der Waals surface area contributed by atoms with E-state index in [9.17, 15) is 0 Å². The maximum absolute atomic E-state index is 6.35. The van der Waals surface area contributed by atoms with Crippen molar-refractivity contribution in [3.8, 4) is 0 Å². The predicted molar refractivity (Wildman–Crippen MR) is 71.9 cm³/mol. The van der Waals surface area contributed by atoms with Gasteiger partial charge >= 0.3 is 0 Å². The summed E-state index contributed by atoms with van der Waals surface area (Å²) in [6.07, 6.45) is 6.78. The highest BCUT2D eigenvalue weighted by molar-refractivity contribution is 4.97. The molecule has 4 heteroatoms. The van der Waals surface area contributed by atoms with Crippen LogP contribution in [0.4, 0.5) is 0 Å². The second-order valence-electron chi connectivity index (χ2n) is 5.20. The van der Waals surface area contributed by atoms with Crippen molar-refractivity contribution >= 4 is 0 Å². The van der Waals surface area contributed by atoms with Crippen LogP contribution in [0.15, 0.2) is 12.4 Å². The van der Waals surface area contributed by atoms with Gasteiger partial charge in [0, 0.05) is 37.4 Å². The lowest BCUT2D eigenvalue weighted by atomic mass is 9.86. The number of aryl methyl sites for hydroxylation is 2. The molecule has 0 saturated carbocycles. The normalized spacial score (nSPS) is 17.1. The quantitative estimate of drug-likeness (QED) is 0.815. The largest absolute Gasteiger partial charge is 0.338 e. The third-order valence-corrected chi connectivity index (χ3v) is 4.14. The summed E-state index contributed by atoms with van der Waals surface area (Å²) in [5.74, 6) is 1.11. The molecule has 0 amide bonds. The van der Waals surface area contributed by atoms with Gasteiger partial charge in [0.05, 0.1) is 0 Å². The van der Waals surface area contributed by atoms with E-state index in [1.165, 1.54) is 0 Å². The van der Waals surface area contributed by atoms with Crippen LogP contribution in [0.1, 0.15) is 32.5 Å². The van der Waals surface area contributed by atoms with Crippen LogP contribution in [0.25, 0.3) is 0 Å². The summed E-state index contributed by atoms with van der Waals surface area (Å²) in [6, 6.07) is 0.166. The summed E-state index contributed by atoms with van der Waals surface area (Å²) in [5, 5.41) is 0. The van der Waals surface area contributed by atoms with Gasteiger partial charge in [-0.05, 0) is 33.9 Å². The highest BCUT2D eigenvalue weighted by atomic mass is 15.2. The van der Waals surface area contributed by atoms with Gasteiger partial charge in [-0.2, -0.15) is 0 Å². The smallest absolute Gasteiger partial charge is 0.108 e. The number of imidazole rings is 1. The molecule has 2 unspecified atom stereocenters. The van der Waals surface area contributed by atoms with Crippen molar-refractivity contribution in [2.24, 2.45) is 12.8 Å². The molecule has 1 heterocycles. The van der Waals surface area contributed by atoms with Crippen molar-refractivity contribution < 1.29 is 0 Å². The summed E-state index contributed by atoms with van der Waals surface area (Å²) in [5.41, 5.74) is 6.41. The lowest BCUT2D eigenvalue weighted by Crippen LogP contribution is -2.55. The molecule has 1 aromatic rings. The zero-order valence-corrected chi connectivity index (χ0v) is 11.8. The average Bonchev–Trinajstić information content (AvgIpc) is 2.70. The summed E-state index contributed by atoms with van der Waals surface area (Å²) in [7, 11) is 6.23. The third kappa shape index (κ3) is 3.07. The van der Waals surface area contributed by atoms with Crippen LogP contribution in [-0.2, 0) is 13.5 Å². The minimum absolute atomic E-state index is 0.0607. The van der Waals surface area contributed by atoms with Gasteiger partial charge in [-0.1, -0.05) is 6.92 Å². The third-order valence-electron chi connectivity index (χ3n) is 4.14. The fourth-order valence-electron chi connectivity index (χ4n) is 2.14. The lowest BCUT2D eigenvalue weighted by Gasteiger charge is -2.41. The molecule has 1 rings (SSSR count). The highest BCUT2D eigenvalue weighted by Crippen LogP contribution is 2.22. The molecule has 0 spiro atoms. The van der Waals surface area contributed by atoms with E-state index in [0.29, 0.717) is 0 Å². The van der Waals surface area contributed by atoms with E-state index in [1.807, 2.05) is 19.4 Å². The summed E-state index contributed by atoms with van der Waals surface area (Å²) < 4.78 is 2.06. The Morgan fingerprint density at radius 1 is 1.53 bits per heavy atom. The molecule has 1 aromatic heterocycles. The Labute approximate surface area is 105 Å². The van der Waals surface area contributed by atoms with Gasteiger partial charge in [-0.25, -0.2) is 4.98 Å². The zero-order chi connectivity index (χ0) is 13.1. The van der Waals surface area contributed by atoms with E-state index in [0.717, 1.165) is 25.1 Å². The Balaban J connectivity index is 2.60. The van der Waals surface area contributed by atoms with Crippen molar-refractivity contribution in [1.29, 1.82) is 0 Å². The molecule has 0 bridgehead atoms. The molecule has 2 atom stereocenters. The number of hydrogen-bond acceptors (Lipinski definition) is 3. The van der Waals surface area contributed by atoms with Gasteiger partial charge in [0.1, 0.15) is 5.82 Å². The van der Waals surface area contributed by atoms with Crippen molar-refractivity contribution in [3.63, 3.8) is 0 Å². The second-order valence-corrected chi connectivity index (χ2v) is 5.20. The first kappa shape index (κ1) is 14.2. The number of likely N-dealkylation sites (N-methyl/N-ethyl adjacent to an activating group) is 1. The van der Waals surface area contributed by atoms with Crippen LogP contribution >= 0.6 is 0 Å². The van der Waals surface area contributed by atoms with Crippen molar-refractivity contribution in [2.75, 3.05) is 14.1 Å². The van der Waals surface area contributed by atoms with E-state index in [4.69, 9.17) is 5.73 Å². The van der Waals surface area contributed by atoms with Crippen LogP contribution in [0.3, 0.4) is 0 Å². The molecule has 4 nitrogen and oxygen atoms in total. The monoisotopic (exact) mass is 238 g/mol. The molecule has 0 saturated heterocycles. The Bertz CT molecular complexity index is 345. The molecule has 0 fully saturated rings. The van der Waals surface area contributed by atoms with Crippen LogP contribution in [0.2, 0.25) is 0 Å².